The first-order valence-corrected chi connectivity index (χ1v) is 32.7. The van der Waals surface area contributed by atoms with Crippen molar-refractivity contribution >= 4 is 88.5 Å². The summed E-state index contributed by atoms with van der Waals surface area (Å²) < 4.78 is 16.5. The summed E-state index contributed by atoms with van der Waals surface area (Å²) in [6.07, 6.45) is 39.8. The van der Waals surface area contributed by atoms with E-state index in [0.717, 1.165) is 34.5 Å². The van der Waals surface area contributed by atoms with E-state index in [0.29, 0.717) is 35.3 Å². The molecule has 0 spiro atoms. The average molecular weight is 1040 g/mol. The number of carbonyl (C=O) groups is 3. The van der Waals surface area contributed by atoms with Crippen molar-refractivity contribution in [2.45, 2.75) is 229 Å². The Labute approximate surface area is 429 Å². The van der Waals surface area contributed by atoms with Crippen molar-refractivity contribution in [3.8, 4) is 0 Å². The van der Waals surface area contributed by atoms with Crippen LogP contribution in [0.2, 0.25) is 0 Å². The number of aromatic nitrogens is 3. The van der Waals surface area contributed by atoms with E-state index in [1.807, 2.05) is 35.3 Å². The van der Waals surface area contributed by atoms with Crippen LogP contribution in [0.3, 0.4) is 0 Å². The second kappa shape index (κ2) is 50.9. The maximum atomic E-state index is 12.6. The van der Waals surface area contributed by atoms with E-state index < -0.39 is 0 Å². The molecule has 1 aromatic rings. The molecule has 384 valence electrons. The fourth-order valence-corrected chi connectivity index (χ4v) is 11.5. The van der Waals surface area contributed by atoms with E-state index in [1.165, 1.54) is 228 Å². The predicted octanol–water partition coefficient (Wildman–Crippen LogP) is 15.7. The Morgan fingerprint density at radius 1 is 0.318 bits per heavy atom. The SMILES string of the molecule is CCCCCCCCCCCCSCCOC(=O)CSc1nc(SCC(=O)OCCSCCCCCCCCCCCC)nc(SCC(=O)OCCSCCCCCCCCCCCC)n1. The minimum Gasteiger partial charge on any atom is -0.464 e. The van der Waals surface area contributed by atoms with Crippen molar-refractivity contribution in [3.05, 3.63) is 0 Å². The summed E-state index contributed by atoms with van der Waals surface area (Å²) >= 11 is 9.00. The van der Waals surface area contributed by atoms with Crippen molar-refractivity contribution in [1.82, 2.24) is 15.0 Å². The van der Waals surface area contributed by atoms with Gasteiger partial charge in [0.05, 0.1) is 17.3 Å². The van der Waals surface area contributed by atoms with Crippen molar-refractivity contribution in [2.24, 2.45) is 0 Å². The molecule has 0 aliphatic carbocycles. The monoisotopic (exact) mass is 1040 g/mol. The summed E-state index contributed by atoms with van der Waals surface area (Å²) in [5.41, 5.74) is 0. The van der Waals surface area contributed by atoms with Crippen LogP contribution in [0.4, 0.5) is 0 Å². The standard InChI is InChI=1S/C51H93N3O6S6/c1-4-7-10-13-16-19-22-25-28-31-37-61-40-34-58-46(55)43-64-49-52-50(65-44-47(56)59-35-41-62-38-32-29-26-23-20-17-14-11-8-5-2)54-51(53-49)66-45-48(57)60-36-42-63-39-33-30-27-24-21-18-15-12-9-6-3/h4-45H2,1-3H3. The summed E-state index contributed by atoms with van der Waals surface area (Å²) in [5.74, 6) is 4.80. The maximum Gasteiger partial charge on any atom is 0.316 e. The quantitative estimate of drug-likeness (QED) is 0.0266. The number of ether oxygens (including phenoxy) is 3. The number of hydrogen-bond donors (Lipinski definition) is 0. The van der Waals surface area contributed by atoms with Crippen LogP contribution < -0.4 is 0 Å². The van der Waals surface area contributed by atoms with Crippen LogP contribution in [0.25, 0.3) is 0 Å². The lowest BCUT2D eigenvalue weighted by Crippen LogP contribution is -2.12. The lowest BCUT2D eigenvalue weighted by Gasteiger charge is -2.08. The molecule has 0 unspecified atom stereocenters. The molecule has 0 aliphatic rings. The molecule has 1 rings (SSSR count). The minimum absolute atomic E-state index is 0.0546. The average Bonchev–Trinajstić information content (AvgIpc) is 3.32. The van der Waals surface area contributed by atoms with Gasteiger partial charge >= 0.3 is 17.9 Å². The van der Waals surface area contributed by atoms with Crippen molar-refractivity contribution in [2.75, 3.05) is 71.6 Å². The first-order chi connectivity index (χ1) is 32.5. The van der Waals surface area contributed by atoms with Gasteiger partial charge in [-0.25, -0.2) is 0 Å². The molecule has 0 aromatic carbocycles. The topological polar surface area (TPSA) is 118 Å². The van der Waals surface area contributed by atoms with Gasteiger partial charge in [0.1, 0.15) is 19.8 Å². The van der Waals surface area contributed by atoms with E-state index in [9.17, 15) is 14.4 Å². The number of esters is 3. The molecule has 0 radical (unpaired) electrons. The zero-order valence-electron chi connectivity index (χ0n) is 41.9. The maximum absolute atomic E-state index is 12.6. The van der Waals surface area contributed by atoms with Crippen LogP contribution in [0.15, 0.2) is 15.5 Å². The Morgan fingerprint density at radius 3 is 0.758 bits per heavy atom. The van der Waals surface area contributed by atoms with Gasteiger partial charge in [0, 0.05) is 17.3 Å². The molecular formula is C51H93N3O6S6. The smallest absolute Gasteiger partial charge is 0.316 e. The third kappa shape index (κ3) is 44.7. The predicted molar refractivity (Wildman–Crippen MR) is 292 cm³/mol. The Balaban J connectivity index is 2.42. The molecule has 0 fully saturated rings. The Bertz CT molecular complexity index is 1110. The molecule has 0 amide bonds. The highest BCUT2D eigenvalue weighted by atomic mass is 32.2. The molecule has 9 nitrogen and oxygen atoms in total. The third-order valence-electron chi connectivity index (χ3n) is 10.9. The summed E-state index contributed by atoms with van der Waals surface area (Å²) in [4.78, 5) is 51.4. The zero-order chi connectivity index (χ0) is 47.6. The highest BCUT2D eigenvalue weighted by Gasteiger charge is 2.15. The molecule has 0 saturated carbocycles. The highest BCUT2D eigenvalue weighted by molar-refractivity contribution is 8.01. The third-order valence-corrected chi connectivity index (χ3v) is 16.5. The number of unbranched alkanes of at least 4 members (excludes halogenated alkanes) is 27. The molecule has 0 bridgehead atoms. The molecule has 66 heavy (non-hydrogen) atoms. The molecule has 0 atom stereocenters. The second-order valence-electron chi connectivity index (χ2n) is 17.1. The van der Waals surface area contributed by atoms with Gasteiger partial charge in [-0.05, 0) is 36.5 Å². The van der Waals surface area contributed by atoms with Crippen LogP contribution in [-0.4, -0.2) is 104 Å². The number of thioether (sulfide) groups is 6. The van der Waals surface area contributed by atoms with E-state index in [1.54, 1.807) is 0 Å². The largest absolute Gasteiger partial charge is 0.464 e. The van der Waals surface area contributed by atoms with Crippen LogP contribution in [0.5, 0.6) is 0 Å². The zero-order valence-corrected chi connectivity index (χ0v) is 46.8. The lowest BCUT2D eigenvalue weighted by atomic mass is 10.1. The van der Waals surface area contributed by atoms with Gasteiger partial charge in [0.15, 0.2) is 15.5 Å². The molecule has 0 aliphatic heterocycles. The molecule has 15 heteroatoms. The summed E-state index contributed by atoms with van der Waals surface area (Å²) in [7, 11) is 0. The number of carbonyl (C=O) groups excluding carboxylic acids is 3. The van der Waals surface area contributed by atoms with Gasteiger partial charge in [0.25, 0.3) is 0 Å². The van der Waals surface area contributed by atoms with Crippen LogP contribution in [0, 0.1) is 0 Å². The number of hydrogen-bond acceptors (Lipinski definition) is 15. The van der Waals surface area contributed by atoms with Gasteiger partial charge in [-0.2, -0.15) is 50.2 Å². The van der Waals surface area contributed by atoms with E-state index in [-0.39, 0.29) is 35.2 Å². The normalized spacial score (nSPS) is 11.3. The fourth-order valence-electron chi connectivity index (χ4n) is 7.03. The van der Waals surface area contributed by atoms with Crippen molar-refractivity contribution < 1.29 is 28.6 Å². The molecule has 0 saturated heterocycles. The molecule has 1 heterocycles. The molecule has 0 N–H and O–H groups in total. The van der Waals surface area contributed by atoms with Crippen LogP contribution in [-0.2, 0) is 28.6 Å². The second-order valence-corrected chi connectivity index (χ2v) is 23.6. The first kappa shape index (κ1) is 63.5. The van der Waals surface area contributed by atoms with Crippen LogP contribution in [0.1, 0.15) is 213 Å². The van der Waals surface area contributed by atoms with E-state index in [2.05, 4.69) is 35.7 Å². The first-order valence-electron chi connectivity index (χ1n) is 26.3. The Hall–Kier alpha value is -0.480. The lowest BCUT2D eigenvalue weighted by molar-refractivity contribution is -0.140. The Kier molecular flexibility index (Phi) is 49.0. The summed E-state index contributed by atoms with van der Waals surface area (Å²) in [5, 5.41) is 1.03. The highest BCUT2D eigenvalue weighted by Crippen LogP contribution is 2.24. The van der Waals surface area contributed by atoms with E-state index >= 15 is 0 Å². The minimum atomic E-state index is -0.326. The van der Waals surface area contributed by atoms with Gasteiger partial charge in [-0.15, -0.1) is 0 Å². The van der Waals surface area contributed by atoms with Crippen molar-refractivity contribution in [3.63, 3.8) is 0 Å². The fraction of sp³-hybridized carbons (Fsp3) is 0.882. The van der Waals surface area contributed by atoms with Crippen LogP contribution >= 0.6 is 70.6 Å². The van der Waals surface area contributed by atoms with Gasteiger partial charge in [-0.3, -0.25) is 14.4 Å². The van der Waals surface area contributed by atoms with Gasteiger partial charge < -0.3 is 14.2 Å². The van der Waals surface area contributed by atoms with Gasteiger partial charge in [0.2, 0.25) is 0 Å². The van der Waals surface area contributed by atoms with Crippen molar-refractivity contribution in [1.29, 1.82) is 0 Å². The summed E-state index contributed by atoms with van der Waals surface area (Å²) in [6.45, 7) is 7.92. The molecular weight excluding hydrogens is 943 g/mol. The van der Waals surface area contributed by atoms with E-state index in [4.69, 9.17) is 14.2 Å². The summed E-state index contributed by atoms with van der Waals surface area (Å²) in [6, 6.07) is 0. The number of nitrogens with zero attached hydrogens (tertiary/aromatic N) is 3. The number of rotatable bonds is 51. The molecule has 1 aromatic heterocycles. The van der Waals surface area contributed by atoms with Gasteiger partial charge in [-0.1, -0.05) is 229 Å². The Morgan fingerprint density at radius 2 is 0.530 bits per heavy atom.